The van der Waals surface area contributed by atoms with Gasteiger partial charge in [0.25, 0.3) is 0 Å². The minimum atomic E-state index is -0.717. The Balaban J connectivity index is 1.71. The van der Waals surface area contributed by atoms with Gasteiger partial charge in [-0.3, -0.25) is 9.69 Å². The van der Waals surface area contributed by atoms with E-state index in [1.807, 2.05) is 60.7 Å². The molecule has 7 heteroatoms. The van der Waals surface area contributed by atoms with Gasteiger partial charge in [0, 0.05) is 4.47 Å². The lowest BCUT2D eigenvalue weighted by molar-refractivity contribution is -0.143. The van der Waals surface area contributed by atoms with Gasteiger partial charge in [-0.15, -0.1) is 0 Å². The molecule has 0 amide bonds. The number of benzene rings is 3. The first-order chi connectivity index (χ1) is 17.0. The lowest BCUT2D eigenvalue weighted by Gasteiger charge is -2.37. The summed E-state index contributed by atoms with van der Waals surface area (Å²) in [6.07, 6.45) is 1.23. The van der Waals surface area contributed by atoms with Crippen LogP contribution >= 0.6 is 15.9 Å². The number of rotatable bonds is 9. The summed E-state index contributed by atoms with van der Waals surface area (Å²) in [6.45, 7) is 1.75. The average molecular weight is 540 g/mol. The summed E-state index contributed by atoms with van der Waals surface area (Å²) in [6, 6.07) is 22.0. The third-order valence-electron chi connectivity index (χ3n) is 6.47. The Bertz CT molecular complexity index is 1120. The lowest BCUT2D eigenvalue weighted by Crippen LogP contribution is -2.39. The van der Waals surface area contributed by atoms with E-state index in [4.69, 9.17) is 14.2 Å². The quantitative estimate of drug-likeness (QED) is 0.363. The van der Waals surface area contributed by atoms with Crippen LogP contribution in [0, 0.1) is 5.92 Å². The van der Waals surface area contributed by atoms with E-state index in [-0.39, 0.29) is 12.0 Å². The highest BCUT2D eigenvalue weighted by molar-refractivity contribution is 9.10. The average Bonchev–Trinajstić information content (AvgIpc) is 2.89. The van der Waals surface area contributed by atoms with Crippen molar-refractivity contribution in [1.29, 1.82) is 0 Å². The summed E-state index contributed by atoms with van der Waals surface area (Å²) in [5, 5.41) is 9.47. The van der Waals surface area contributed by atoms with Crippen molar-refractivity contribution in [1.82, 2.24) is 4.90 Å². The number of hydrogen-bond acceptors (Lipinski definition) is 5. The van der Waals surface area contributed by atoms with E-state index in [9.17, 15) is 9.90 Å². The zero-order valence-corrected chi connectivity index (χ0v) is 21.5. The van der Waals surface area contributed by atoms with Gasteiger partial charge >= 0.3 is 5.97 Å². The van der Waals surface area contributed by atoms with Crippen molar-refractivity contribution in [3.63, 3.8) is 0 Å². The lowest BCUT2D eigenvalue weighted by atomic mass is 9.91. The van der Waals surface area contributed by atoms with E-state index in [0.717, 1.165) is 21.2 Å². The van der Waals surface area contributed by atoms with Gasteiger partial charge in [0.15, 0.2) is 11.5 Å². The van der Waals surface area contributed by atoms with Crippen LogP contribution in [0.15, 0.2) is 71.2 Å². The molecule has 3 aromatic rings. The number of ether oxygens (including phenoxy) is 3. The highest BCUT2D eigenvalue weighted by Crippen LogP contribution is 2.44. The Hall–Kier alpha value is -3.03. The highest BCUT2D eigenvalue weighted by atomic mass is 79.9. The standard InChI is InChI=1S/C28H30BrNO5/c1-33-24-16-21(17-25(34-2)27(24)35-18-19-8-4-3-5-9-19)26(22-10-6-7-11-23(22)29)30-14-12-20(13-15-30)28(31)32/h3-11,16-17,20,26H,12-15,18H2,1-2H3,(H,31,32). The molecule has 4 rings (SSSR count). The molecule has 0 radical (unpaired) electrons. The molecule has 1 fully saturated rings. The minimum absolute atomic E-state index is 0.105. The van der Waals surface area contributed by atoms with Crippen LogP contribution in [0.5, 0.6) is 17.2 Å². The molecule has 0 aromatic heterocycles. The minimum Gasteiger partial charge on any atom is -0.493 e. The Morgan fingerprint density at radius 3 is 2.17 bits per heavy atom. The smallest absolute Gasteiger partial charge is 0.306 e. The molecule has 1 heterocycles. The topological polar surface area (TPSA) is 68.2 Å². The van der Waals surface area contributed by atoms with Crippen LogP contribution in [0.2, 0.25) is 0 Å². The molecular weight excluding hydrogens is 510 g/mol. The van der Waals surface area contributed by atoms with Crippen LogP contribution < -0.4 is 14.2 Å². The SMILES string of the molecule is COc1cc(C(c2ccccc2Br)N2CCC(C(=O)O)CC2)cc(OC)c1OCc1ccccc1. The molecule has 35 heavy (non-hydrogen) atoms. The molecule has 3 aromatic carbocycles. The third-order valence-corrected chi connectivity index (χ3v) is 7.19. The van der Waals surface area contributed by atoms with Crippen molar-refractivity contribution in [3.8, 4) is 17.2 Å². The van der Waals surface area contributed by atoms with Gasteiger partial charge in [-0.25, -0.2) is 0 Å². The molecule has 1 unspecified atom stereocenters. The number of piperidine rings is 1. The molecule has 1 saturated heterocycles. The van der Waals surface area contributed by atoms with Gasteiger partial charge in [0.1, 0.15) is 6.61 Å². The van der Waals surface area contributed by atoms with Crippen LogP contribution in [0.3, 0.4) is 0 Å². The first-order valence-electron chi connectivity index (χ1n) is 11.7. The van der Waals surface area contributed by atoms with Gasteiger partial charge in [-0.05, 0) is 60.8 Å². The van der Waals surface area contributed by atoms with E-state index in [1.165, 1.54) is 0 Å². The molecule has 1 atom stereocenters. The second kappa shape index (κ2) is 11.6. The maximum atomic E-state index is 11.5. The van der Waals surface area contributed by atoms with Crippen molar-refractivity contribution in [3.05, 3.63) is 87.9 Å². The molecule has 0 aliphatic carbocycles. The Morgan fingerprint density at radius 1 is 1.00 bits per heavy atom. The monoisotopic (exact) mass is 539 g/mol. The Morgan fingerprint density at radius 2 is 1.60 bits per heavy atom. The summed E-state index contributed by atoms with van der Waals surface area (Å²) < 4.78 is 18.7. The summed E-state index contributed by atoms with van der Waals surface area (Å²) in [4.78, 5) is 13.9. The number of methoxy groups -OCH3 is 2. The number of carbonyl (C=O) groups is 1. The summed E-state index contributed by atoms with van der Waals surface area (Å²) in [7, 11) is 3.25. The van der Waals surface area contributed by atoms with Crippen LogP contribution in [0.25, 0.3) is 0 Å². The Labute approximate surface area is 214 Å². The number of nitrogens with zero attached hydrogens (tertiary/aromatic N) is 1. The predicted molar refractivity (Wildman–Crippen MR) is 138 cm³/mol. The molecular formula is C28H30BrNO5. The second-order valence-electron chi connectivity index (χ2n) is 8.60. The second-order valence-corrected chi connectivity index (χ2v) is 9.46. The summed E-state index contributed by atoms with van der Waals surface area (Å²) in [5.41, 5.74) is 3.14. The van der Waals surface area contributed by atoms with Gasteiger partial charge in [-0.2, -0.15) is 0 Å². The fourth-order valence-corrected chi connectivity index (χ4v) is 5.12. The number of hydrogen-bond donors (Lipinski definition) is 1. The number of likely N-dealkylation sites (tertiary alicyclic amines) is 1. The molecule has 184 valence electrons. The van der Waals surface area contributed by atoms with Crippen molar-refractivity contribution in [2.75, 3.05) is 27.3 Å². The third kappa shape index (κ3) is 5.80. The van der Waals surface area contributed by atoms with Crippen LogP contribution in [0.1, 0.15) is 35.6 Å². The Kier molecular flexibility index (Phi) is 8.31. The van der Waals surface area contributed by atoms with E-state index < -0.39 is 5.97 Å². The molecule has 1 N–H and O–H groups in total. The predicted octanol–water partition coefficient (Wildman–Crippen LogP) is 5.93. The normalized spacial score (nSPS) is 15.4. The molecule has 0 bridgehead atoms. The number of halogens is 1. The van der Waals surface area contributed by atoms with E-state index in [1.54, 1.807) is 14.2 Å². The van der Waals surface area contributed by atoms with Crippen molar-refractivity contribution in [2.24, 2.45) is 5.92 Å². The molecule has 6 nitrogen and oxygen atoms in total. The van der Waals surface area contributed by atoms with E-state index in [0.29, 0.717) is 49.8 Å². The molecule has 0 saturated carbocycles. The first kappa shape index (κ1) is 25.1. The summed E-state index contributed by atoms with van der Waals surface area (Å²) >= 11 is 3.72. The van der Waals surface area contributed by atoms with Gasteiger partial charge < -0.3 is 19.3 Å². The fraction of sp³-hybridized carbons (Fsp3) is 0.321. The van der Waals surface area contributed by atoms with Gasteiger partial charge in [0.05, 0.1) is 26.2 Å². The number of carboxylic acids is 1. The van der Waals surface area contributed by atoms with Crippen molar-refractivity contribution >= 4 is 21.9 Å². The largest absolute Gasteiger partial charge is 0.493 e. The van der Waals surface area contributed by atoms with Crippen molar-refractivity contribution in [2.45, 2.75) is 25.5 Å². The first-order valence-corrected chi connectivity index (χ1v) is 12.4. The van der Waals surface area contributed by atoms with Crippen LogP contribution in [-0.2, 0) is 11.4 Å². The zero-order chi connectivity index (χ0) is 24.8. The molecule has 1 aliphatic rings. The van der Waals surface area contributed by atoms with Gasteiger partial charge in [0.2, 0.25) is 5.75 Å². The van der Waals surface area contributed by atoms with E-state index >= 15 is 0 Å². The molecule has 0 spiro atoms. The molecule has 1 aliphatic heterocycles. The van der Waals surface area contributed by atoms with Crippen LogP contribution in [0.4, 0.5) is 0 Å². The highest BCUT2D eigenvalue weighted by Gasteiger charge is 2.32. The maximum absolute atomic E-state index is 11.5. The zero-order valence-electron chi connectivity index (χ0n) is 19.9. The maximum Gasteiger partial charge on any atom is 0.306 e. The fourth-order valence-electron chi connectivity index (χ4n) is 4.62. The van der Waals surface area contributed by atoms with Crippen molar-refractivity contribution < 1.29 is 24.1 Å². The van der Waals surface area contributed by atoms with Crippen LogP contribution in [-0.4, -0.2) is 43.3 Å². The number of aliphatic carboxylic acids is 1. The summed E-state index contributed by atoms with van der Waals surface area (Å²) in [5.74, 6) is 0.716. The van der Waals surface area contributed by atoms with Gasteiger partial charge in [-0.1, -0.05) is 64.5 Å². The van der Waals surface area contributed by atoms with E-state index in [2.05, 4.69) is 26.9 Å². The number of carboxylic acid groups (broad SMARTS) is 1.